The predicted molar refractivity (Wildman–Crippen MR) is 79.2 cm³/mol. The van der Waals surface area contributed by atoms with E-state index < -0.39 is 5.54 Å². The van der Waals surface area contributed by atoms with Gasteiger partial charge in [-0.25, -0.2) is 0 Å². The topological polar surface area (TPSA) is 49.4 Å². The van der Waals surface area contributed by atoms with Crippen LogP contribution in [0.4, 0.5) is 0 Å². The lowest BCUT2D eigenvalue weighted by molar-refractivity contribution is -0.157. The molecule has 4 heteroatoms. The molecule has 1 aliphatic carbocycles. The summed E-state index contributed by atoms with van der Waals surface area (Å²) >= 11 is 0. The maximum Gasteiger partial charge on any atom is 0.245 e. The lowest BCUT2D eigenvalue weighted by atomic mass is 9.76. The molecule has 0 aromatic carbocycles. The Labute approximate surface area is 122 Å². The number of carbonyl (C=O) groups excluding carboxylic acids is 2. The van der Waals surface area contributed by atoms with Gasteiger partial charge < -0.3 is 10.2 Å². The van der Waals surface area contributed by atoms with E-state index in [9.17, 15) is 9.59 Å². The van der Waals surface area contributed by atoms with Crippen LogP contribution in [0, 0.1) is 11.3 Å². The molecule has 0 unspecified atom stereocenters. The average Bonchev–Trinajstić information content (AvgIpc) is 2.80. The van der Waals surface area contributed by atoms with E-state index in [0.29, 0.717) is 19.0 Å². The summed E-state index contributed by atoms with van der Waals surface area (Å²) in [6, 6.07) is 0. The number of rotatable bonds is 3. The molecule has 2 amide bonds. The quantitative estimate of drug-likeness (QED) is 0.862. The van der Waals surface area contributed by atoms with Gasteiger partial charge in [-0.05, 0) is 39.0 Å². The van der Waals surface area contributed by atoms with E-state index in [1.807, 2.05) is 18.7 Å². The first-order valence-corrected chi connectivity index (χ1v) is 7.90. The lowest BCUT2D eigenvalue weighted by Crippen LogP contribution is -2.65. The maximum atomic E-state index is 13.2. The van der Waals surface area contributed by atoms with Gasteiger partial charge in [0.25, 0.3) is 0 Å². The molecule has 2 fully saturated rings. The number of hydrogen-bond acceptors (Lipinski definition) is 2. The highest BCUT2D eigenvalue weighted by Crippen LogP contribution is 2.45. The smallest absolute Gasteiger partial charge is 0.245 e. The van der Waals surface area contributed by atoms with Crippen molar-refractivity contribution in [2.24, 2.45) is 11.3 Å². The van der Waals surface area contributed by atoms with E-state index in [0.717, 1.165) is 32.1 Å². The Hall–Kier alpha value is -1.06. The van der Waals surface area contributed by atoms with Crippen LogP contribution in [0.15, 0.2) is 0 Å². The van der Waals surface area contributed by atoms with Gasteiger partial charge in [-0.15, -0.1) is 0 Å². The van der Waals surface area contributed by atoms with Gasteiger partial charge >= 0.3 is 0 Å². The fraction of sp³-hybridized carbons (Fsp3) is 0.875. The van der Waals surface area contributed by atoms with Crippen molar-refractivity contribution >= 4 is 11.8 Å². The number of piperazine rings is 1. The molecule has 1 N–H and O–H groups in total. The molecule has 0 bridgehead atoms. The molecular weight excluding hydrogens is 252 g/mol. The Balaban J connectivity index is 2.25. The largest absolute Gasteiger partial charge is 0.352 e. The lowest BCUT2D eigenvalue weighted by Gasteiger charge is -2.45. The zero-order valence-corrected chi connectivity index (χ0v) is 13.3. The summed E-state index contributed by atoms with van der Waals surface area (Å²) in [6.45, 7) is 9.29. The first-order valence-electron chi connectivity index (χ1n) is 7.90. The monoisotopic (exact) mass is 280 g/mol. The second kappa shape index (κ2) is 5.38. The molecule has 0 aromatic heterocycles. The highest BCUT2D eigenvalue weighted by Gasteiger charge is 2.49. The minimum Gasteiger partial charge on any atom is -0.352 e. The third-order valence-electron chi connectivity index (χ3n) is 4.91. The van der Waals surface area contributed by atoms with Crippen molar-refractivity contribution in [2.75, 3.05) is 13.1 Å². The maximum absolute atomic E-state index is 13.2. The van der Waals surface area contributed by atoms with Crippen LogP contribution in [0.25, 0.3) is 0 Å². The van der Waals surface area contributed by atoms with Crippen LogP contribution in [0.1, 0.15) is 59.8 Å². The van der Waals surface area contributed by atoms with Crippen LogP contribution in [-0.2, 0) is 9.59 Å². The number of hydrogen-bond donors (Lipinski definition) is 1. The number of carbonyl (C=O) groups is 2. The molecule has 1 aliphatic heterocycles. The zero-order chi connectivity index (χ0) is 15.0. The summed E-state index contributed by atoms with van der Waals surface area (Å²) in [4.78, 5) is 27.1. The van der Waals surface area contributed by atoms with Crippen molar-refractivity contribution in [1.29, 1.82) is 0 Å². The second-order valence-corrected chi connectivity index (χ2v) is 7.36. The van der Waals surface area contributed by atoms with Gasteiger partial charge in [-0.2, -0.15) is 0 Å². The summed E-state index contributed by atoms with van der Waals surface area (Å²) in [5.41, 5.74) is -0.940. The summed E-state index contributed by atoms with van der Waals surface area (Å²) < 4.78 is 0. The second-order valence-electron chi connectivity index (χ2n) is 7.36. The normalized spacial score (nSPS) is 24.9. The van der Waals surface area contributed by atoms with Gasteiger partial charge in [0.05, 0.1) is 0 Å². The van der Waals surface area contributed by atoms with Crippen LogP contribution in [0.5, 0.6) is 0 Å². The third kappa shape index (κ3) is 2.57. The molecule has 0 aromatic rings. The summed E-state index contributed by atoms with van der Waals surface area (Å²) in [5, 5.41) is 2.87. The number of nitrogens with one attached hydrogen (secondary N) is 1. The van der Waals surface area contributed by atoms with Crippen molar-refractivity contribution in [2.45, 2.75) is 65.3 Å². The minimum atomic E-state index is -0.720. The van der Waals surface area contributed by atoms with Gasteiger partial charge in [0.2, 0.25) is 11.8 Å². The molecule has 0 atom stereocenters. The van der Waals surface area contributed by atoms with Crippen LogP contribution < -0.4 is 5.32 Å². The molecule has 0 radical (unpaired) electrons. The SMILES string of the molecule is CC(C)CC1(C(=O)N2CCNC(=O)C2(C)C)CCCC1. The molecule has 2 aliphatic rings. The van der Waals surface area contributed by atoms with E-state index in [1.54, 1.807) is 0 Å². The van der Waals surface area contributed by atoms with E-state index in [-0.39, 0.29) is 17.2 Å². The van der Waals surface area contributed by atoms with Crippen molar-refractivity contribution in [3.8, 4) is 0 Å². The van der Waals surface area contributed by atoms with Gasteiger partial charge in [-0.1, -0.05) is 26.7 Å². The van der Waals surface area contributed by atoms with Crippen molar-refractivity contribution < 1.29 is 9.59 Å². The van der Waals surface area contributed by atoms with E-state index in [2.05, 4.69) is 19.2 Å². The summed E-state index contributed by atoms with van der Waals surface area (Å²) in [7, 11) is 0. The van der Waals surface area contributed by atoms with Gasteiger partial charge in [0, 0.05) is 18.5 Å². The Kier molecular flexibility index (Phi) is 4.12. The van der Waals surface area contributed by atoms with Crippen LogP contribution >= 0.6 is 0 Å². The van der Waals surface area contributed by atoms with Crippen LogP contribution in [0.2, 0.25) is 0 Å². The molecule has 1 saturated carbocycles. The average molecular weight is 280 g/mol. The van der Waals surface area contributed by atoms with Crippen LogP contribution in [-0.4, -0.2) is 35.3 Å². The molecular formula is C16H28N2O2. The summed E-state index contributed by atoms with van der Waals surface area (Å²) in [6.07, 6.45) is 5.19. The Morgan fingerprint density at radius 1 is 1.30 bits per heavy atom. The van der Waals surface area contributed by atoms with Crippen molar-refractivity contribution in [1.82, 2.24) is 10.2 Å². The molecule has 0 spiro atoms. The highest BCUT2D eigenvalue weighted by molar-refractivity contribution is 5.93. The molecule has 4 nitrogen and oxygen atoms in total. The molecule has 1 heterocycles. The van der Waals surface area contributed by atoms with Gasteiger partial charge in [0.15, 0.2) is 0 Å². The Morgan fingerprint density at radius 2 is 1.90 bits per heavy atom. The van der Waals surface area contributed by atoms with E-state index in [1.165, 1.54) is 0 Å². The fourth-order valence-corrected chi connectivity index (χ4v) is 3.88. The Bertz CT molecular complexity index is 395. The summed E-state index contributed by atoms with van der Waals surface area (Å²) in [5.74, 6) is 0.692. The Morgan fingerprint density at radius 3 is 2.45 bits per heavy atom. The predicted octanol–water partition coefficient (Wildman–Crippen LogP) is 2.33. The molecule has 20 heavy (non-hydrogen) atoms. The van der Waals surface area contributed by atoms with E-state index in [4.69, 9.17) is 0 Å². The van der Waals surface area contributed by atoms with Crippen molar-refractivity contribution in [3.05, 3.63) is 0 Å². The first-order chi connectivity index (χ1) is 9.29. The van der Waals surface area contributed by atoms with E-state index >= 15 is 0 Å². The van der Waals surface area contributed by atoms with Gasteiger partial charge in [-0.3, -0.25) is 9.59 Å². The standard InChI is InChI=1S/C16H28N2O2/c1-12(2)11-16(7-5-6-8-16)14(20)18-10-9-17-13(19)15(18,3)4/h12H,5-11H2,1-4H3,(H,17,19). The van der Waals surface area contributed by atoms with Crippen molar-refractivity contribution in [3.63, 3.8) is 0 Å². The van der Waals surface area contributed by atoms with Crippen LogP contribution in [0.3, 0.4) is 0 Å². The molecule has 2 rings (SSSR count). The van der Waals surface area contributed by atoms with Gasteiger partial charge in [0.1, 0.15) is 5.54 Å². The zero-order valence-electron chi connectivity index (χ0n) is 13.3. The fourth-order valence-electron chi connectivity index (χ4n) is 3.88. The minimum absolute atomic E-state index is 0.0326. The number of amides is 2. The number of nitrogens with zero attached hydrogens (tertiary/aromatic N) is 1. The molecule has 114 valence electrons. The third-order valence-corrected chi connectivity index (χ3v) is 4.91. The first kappa shape index (κ1) is 15.3. The highest BCUT2D eigenvalue weighted by atomic mass is 16.2. The molecule has 1 saturated heterocycles.